The van der Waals surface area contributed by atoms with Crippen molar-refractivity contribution in [3.05, 3.63) is 53.6 Å². The van der Waals surface area contributed by atoms with E-state index in [1.165, 1.54) is 0 Å². The molecule has 1 aliphatic heterocycles. The number of ether oxygens (including phenoxy) is 2. The molecule has 0 spiro atoms. The number of rotatable bonds is 7. The Morgan fingerprint density at radius 3 is 2.75 bits per heavy atom. The molecule has 1 unspecified atom stereocenters. The van der Waals surface area contributed by atoms with Gasteiger partial charge >= 0.3 is 0 Å². The van der Waals surface area contributed by atoms with Gasteiger partial charge in [0, 0.05) is 12.1 Å². The molecule has 3 rings (SSSR count). The van der Waals surface area contributed by atoms with Gasteiger partial charge in [-0.25, -0.2) is 0 Å². The Labute approximate surface area is 167 Å². The molecule has 28 heavy (non-hydrogen) atoms. The van der Waals surface area contributed by atoms with E-state index < -0.39 is 0 Å². The van der Waals surface area contributed by atoms with Gasteiger partial charge in [0.05, 0.1) is 24.9 Å². The van der Waals surface area contributed by atoms with Crippen LogP contribution in [0.1, 0.15) is 37.8 Å². The van der Waals surface area contributed by atoms with Crippen LogP contribution < -0.4 is 14.8 Å². The molecule has 1 fully saturated rings. The van der Waals surface area contributed by atoms with Gasteiger partial charge < -0.3 is 14.8 Å². The normalized spacial score (nSPS) is 17.0. The van der Waals surface area contributed by atoms with Crippen LogP contribution in [0.4, 0.5) is 5.69 Å². The molecular formula is C23H30N2O3. The molecule has 0 aromatic heterocycles. The minimum absolute atomic E-state index is 0.0173. The second-order valence-corrected chi connectivity index (χ2v) is 7.60. The van der Waals surface area contributed by atoms with Gasteiger partial charge in [-0.3, -0.25) is 9.69 Å². The van der Waals surface area contributed by atoms with Gasteiger partial charge in [0.1, 0.15) is 11.5 Å². The quantitative estimate of drug-likeness (QED) is 0.771. The molecule has 0 radical (unpaired) electrons. The molecule has 5 heteroatoms. The maximum absolute atomic E-state index is 13.0. The van der Waals surface area contributed by atoms with Crippen LogP contribution in [0.25, 0.3) is 0 Å². The smallest absolute Gasteiger partial charge is 0.241 e. The Bertz CT molecular complexity index is 819. The number of benzene rings is 2. The SMILES string of the molecule is COc1ccc(C)cc1NC(=O)C1CCCN1Cc1ccccc1OC(C)C. The van der Waals surface area contributed by atoms with Crippen molar-refractivity contribution in [2.45, 2.75) is 52.3 Å². The number of methoxy groups -OCH3 is 1. The third kappa shape index (κ3) is 4.84. The lowest BCUT2D eigenvalue weighted by Crippen LogP contribution is -2.39. The minimum atomic E-state index is -0.155. The van der Waals surface area contributed by atoms with E-state index in [1.807, 2.05) is 57.2 Å². The maximum Gasteiger partial charge on any atom is 0.241 e. The number of amides is 1. The number of carbonyl (C=O) groups excluding carboxylic acids is 1. The number of nitrogens with zero attached hydrogens (tertiary/aromatic N) is 1. The lowest BCUT2D eigenvalue weighted by Gasteiger charge is -2.25. The number of hydrogen-bond donors (Lipinski definition) is 1. The van der Waals surface area contributed by atoms with Crippen molar-refractivity contribution in [1.82, 2.24) is 4.90 Å². The molecule has 5 nitrogen and oxygen atoms in total. The van der Waals surface area contributed by atoms with Crippen LogP contribution in [0.5, 0.6) is 11.5 Å². The van der Waals surface area contributed by atoms with Crippen LogP contribution in [0.3, 0.4) is 0 Å². The fourth-order valence-electron chi connectivity index (χ4n) is 3.67. The Balaban J connectivity index is 1.73. The Kier molecular flexibility index (Phi) is 6.57. The van der Waals surface area contributed by atoms with E-state index >= 15 is 0 Å². The molecule has 1 amide bonds. The van der Waals surface area contributed by atoms with Gasteiger partial charge in [0.15, 0.2) is 0 Å². The van der Waals surface area contributed by atoms with E-state index in [1.54, 1.807) is 7.11 Å². The number of likely N-dealkylation sites (tertiary alicyclic amines) is 1. The van der Waals surface area contributed by atoms with Crippen molar-refractivity contribution in [1.29, 1.82) is 0 Å². The van der Waals surface area contributed by atoms with Crippen LogP contribution in [-0.4, -0.2) is 36.6 Å². The predicted molar refractivity (Wildman–Crippen MR) is 112 cm³/mol. The maximum atomic E-state index is 13.0. The number of nitrogens with one attached hydrogen (secondary N) is 1. The second-order valence-electron chi connectivity index (χ2n) is 7.60. The fourth-order valence-corrected chi connectivity index (χ4v) is 3.67. The summed E-state index contributed by atoms with van der Waals surface area (Å²) in [4.78, 5) is 15.3. The first-order valence-corrected chi connectivity index (χ1v) is 9.92. The van der Waals surface area contributed by atoms with E-state index in [-0.39, 0.29) is 18.1 Å². The van der Waals surface area contributed by atoms with Crippen LogP contribution in [0, 0.1) is 6.92 Å². The summed E-state index contributed by atoms with van der Waals surface area (Å²) in [7, 11) is 1.62. The Morgan fingerprint density at radius 1 is 1.21 bits per heavy atom. The molecule has 2 aromatic carbocycles. The molecule has 0 bridgehead atoms. The van der Waals surface area contributed by atoms with Crippen LogP contribution in [0.2, 0.25) is 0 Å². The van der Waals surface area contributed by atoms with Gasteiger partial charge in [-0.05, 0) is 63.9 Å². The van der Waals surface area contributed by atoms with Crippen molar-refractivity contribution in [3.8, 4) is 11.5 Å². The molecule has 2 aromatic rings. The van der Waals surface area contributed by atoms with E-state index in [0.29, 0.717) is 12.3 Å². The van der Waals surface area contributed by atoms with Gasteiger partial charge in [-0.15, -0.1) is 0 Å². The van der Waals surface area contributed by atoms with Gasteiger partial charge in [-0.2, -0.15) is 0 Å². The molecule has 1 atom stereocenters. The lowest BCUT2D eigenvalue weighted by molar-refractivity contribution is -0.120. The highest BCUT2D eigenvalue weighted by molar-refractivity contribution is 5.96. The summed E-state index contributed by atoms with van der Waals surface area (Å²) in [6.45, 7) is 7.66. The molecular weight excluding hydrogens is 352 g/mol. The van der Waals surface area contributed by atoms with E-state index in [4.69, 9.17) is 9.47 Å². The number of para-hydroxylation sites is 1. The number of hydrogen-bond acceptors (Lipinski definition) is 4. The number of aryl methyl sites for hydroxylation is 1. The van der Waals surface area contributed by atoms with Crippen molar-refractivity contribution in [3.63, 3.8) is 0 Å². The van der Waals surface area contributed by atoms with E-state index in [2.05, 4.69) is 16.3 Å². The molecule has 1 N–H and O–H groups in total. The monoisotopic (exact) mass is 382 g/mol. The Hall–Kier alpha value is -2.53. The van der Waals surface area contributed by atoms with Crippen LogP contribution >= 0.6 is 0 Å². The van der Waals surface area contributed by atoms with Crippen LogP contribution in [0.15, 0.2) is 42.5 Å². The number of anilines is 1. The van der Waals surface area contributed by atoms with Crippen molar-refractivity contribution < 1.29 is 14.3 Å². The molecule has 150 valence electrons. The largest absolute Gasteiger partial charge is 0.495 e. The predicted octanol–water partition coefficient (Wildman–Crippen LogP) is 4.39. The average molecular weight is 383 g/mol. The highest BCUT2D eigenvalue weighted by Gasteiger charge is 2.31. The third-order valence-corrected chi connectivity index (χ3v) is 4.99. The molecule has 1 saturated heterocycles. The first kappa shape index (κ1) is 20.2. The minimum Gasteiger partial charge on any atom is -0.495 e. The van der Waals surface area contributed by atoms with E-state index in [9.17, 15) is 4.79 Å². The first-order valence-electron chi connectivity index (χ1n) is 9.92. The topological polar surface area (TPSA) is 50.8 Å². The zero-order chi connectivity index (χ0) is 20.1. The highest BCUT2D eigenvalue weighted by Crippen LogP contribution is 2.29. The van der Waals surface area contributed by atoms with E-state index in [0.717, 1.165) is 42.0 Å². The summed E-state index contributed by atoms with van der Waals surface area (Å²) in [6, 6.07) is 13.7. The summed E-state index contributed by atoms with van der Waals surface area (Å²) < 4.78 is 11.3. The third-order valence-electron chi connectivity index (χ3n) is 4.99. The summed E-state index contributed by atoms with van der Waals surface area (Å²) in [6.07, 6.45) is 1.98. The fraction of sp³-hybridized carbons (Fsp3) is 0.435. The summed E-state index contributed by atoms with van der Waals surface area (Å²) in [5, 5.41) is 3.07. The number of carbonyl (C=O) groups is 1. The van der Waals surface area contributed by atoms with Gasteiger partial charge in [0.2, 0.25) is 5.91 Å². The molecule has 1 heterocycles. The standard InChI is InChI=1S/C23H30N2O3/c1-16(2)28-21-10-6-5-8-18(21)15-25-13-7-9-20(25)23(26)24-19-14-17(3)11-12-22(19)27-4/h5-6,8,10-12,14,16,20H,7,9,13,15H2,1-4H3,(H,24,26). The summed E-state index contributed by atoms with van der Waals surface area (Å²) in [5.41, 5.74) is 2.92. The highest BCUT2D eigenvalue weighted by atomic mass is 16.5. The zero-order valence-corrected chi connectivity index (χ0v) is 17.2. The summed E-state index contributed by atoms with van der Waals surface area (Å²) in [5.74, 6) is 1.59. The first-order chi connectivity index (χ1) is 13.5. The van der Waals surface area contributed by atoms with Crippen LogP contribution in [-0.2, 0) is 11.3 Å². The van der Waals surface area contributed by atoms with Gasteiger partial charge in [0.25, 0.3) is 0 Å². The zero-order valence-electron chi connectivity index (χ0n) is 17.2. The summed E-state index contributed by atoms with van der Waals surface area (Å²) >= 11 is 0. The Morgan fingerprint density at radius 2 is 2.00 bits per heavy atom. The molecule has 1 aliphatic rings. The lowest BCUT2D eigenvalue weighted by atomic mass is 10.1. The van der Waals surface area contributed by atoms with Crippen molar-refractivity contribution in [2.24, 2.45) is 0 Å². The second kappa shape index (κ2) is 9.11. The van der Waals surface area contributed by atoms with Gasteiger partial charge in [-0.1, -0.05) is 24.3 Å². The molecule has 0 aliphatic carbocycles. The average Bonchev–Trinajstić information content (AvgIpc) is 3.11. The molecule has 0 saturated carbocycles. The van der Waals surface area contributed by atoms with Crippen molar-refractivity contribution >= 4 is 11.6 Å². The van der Waals surface area contributed by atoms with Crippen molar-refractivity contribution in [2.75, 3.05) is 19.0 Å².